The van der Waals surface area contributed by atoms with Gasteiger partial charge in [0.05, 0.1) is 11.5 Å². The van der Waals surface area contributed by atoms with E-state index in [1.165, 1.54) is 43.5 Å². The number of ether oxygens (including phenoxy) is 2. The fourth-order valence-corrected chi connectivity index (χ4v) is 3.72. The highest BCUT2D eigenvalue weighted by atomic mass is 16.7. The SMILES string of the molecule is O=C(C=Cc1cc([N+](=O)[O-])cc2c1OCOC2)Nc1ccc(N2CCCCC2)cc1. The van der Waals surface area contributed by atoms with Crippen molar-refractivity contribution < 1.29 is 19.2 Å². The van der Waals surface area contributed by atoms with Crippen LogP contribution in [0.15, 0.2) is 42.5 Å². The molecular formula is C22H23N3O5. The molecule has 0 aromatic heterocycles. The maximum absolute atomic E-state index is 12.4. The van der Waals surface area contributed by atoms with Gasteiger partial charge in [0.25, 0.3) is 5.69 Å². The van der Waals surface area contributed by atoms with E-state index in [4.69, 9.17) is 9.47 Å². The summed E-state index contributed by atoms with van der Waals surface area (Å²) in [5.41, 5.74) is 2.83. The first kappa shape index (κ1) is 19.9. The van der Waals surface area contributed by atoms with Crippen LogP contribution in [0.3, 0.4) is 0 Å². The van der Waals surface area contributed by atoms with Gasteiger partial charge in [-0.15, -0.1) is 0 Å². The normalized spacial score (nSPS) is 16.1. The number of fused-ring (bicyclic) bond motifs is 1. The Labute approximate surface area is 174 Å². The zero-order valence-electron chi connectivity index (χ0n) is 16.5. The molecule has 156 valence electrons. The van der Waals surface area contributed by atoms with Crippen LogP contribution in [0.5, 0.6) is 5.75 Å². The van der Waals surface area contributed by atoms with Gasteiger partial charge in [-0.3, -0.25) is 14.9 Å². The van der Waals surface area contributed by atoms with Crippen molar-refractivity contribution >= 4 is 29.0 Å². The van der Waals surface area contributed by atoms with E-state index in [-0.39, 0.29) is 25.0 Å². The van der Waals surface area contributed by atoms with Gasteiger partial charge < -0.3 is 19.7 Å². The number of non-ortho nitro benzene ring substituents is 1. The molecule has 30 heavy (non-hydrogen) atoms. The third kappa shape index (κ3) is 4.60. The Balaban J connectivity index is 1.45. The van der Waals surface area contributed by atoms with Crippen LogP contribution in [-0.2, 0) is 16.1 Å². The van der Waals surface area contributed by atoms with E-state index in [0.29, 0.717) is 22.6 Å². The molecule has 0 saturated carbocycles. The van der Waals surface area contributed by atoms with Gasteiger partial charge in [0, 0.05) is 53.8 Å². The Kier molecular flexibility index (Phi) is 5.94. The zero-order valence-corrected chi connectivity index (χ0v) is 16.5. The zero-order chi connectivity index (χ0) is 20.9. The molecule has 0 spiro atoms. The maximum atomic E-state index is 12.4. The second kappa shape index (κ2) is 8.96. The first-order valence-corrected chi connectivity index (χ1v) is 9.96. The van der Waals surface area contributed by atoms with Crippen LogP contribution in [-0.4, -0.2) is 30.7 Å². The minimum absolute atomic E-state index is 0.0706. The molecule has 0 atom stereocenters. The van der Waals surface area contributed by atoms with Crippen molar-refractivity contribution in [2.24, 2.45) is 0 Å². The van der Waals surface area contributed by atoms with Gasteiger partial charge in [0.15, 0.2) is 6.79 Å². The molecule has 2 aliphatic heterocycles. The van der Waals surface area contributed by atoms with Crippen LogP contribution in [0.2, 0.25) is 0 Å². The molecule has 1 saturated heterocycles. The van der Waals surface area contributed by atoms with Gasteiger partial charge in [0.2, 0.25) is 5.91 Å². The topological polar surface area (TPSA) is 93.9 Å². The molecule has 2 aromatic rings. The van der Waals surface area contributed by atoms with Gasteiger partial charge in [0.1, 0.15) is 5.75 Å². The van der Waals surface area contributed by atoms with Crippen LogP contribution in [0, 0.1) is 10.1 Å². The maximum Gasteiger partial charge on any atom is 0.270 e. The van der Waals surface area contributed by atoms with E-state index >= 15 is 0 Å². The van der Waals surface area contributed by atoms with Gasteiger partial charge in [-0.05, 0) is 49.6 Å². The number of carbonyl (C=O) groups excluding carboxylic acids is 1. The molecule has 2 aromatic carbocycles. The van der Waals surface area contributed by atoms with Crippen molar-refractivity contribution in [3.8, 4) is 5.75 Å². The molecule has 2 heterocycles. The van der Waals surface area contributed by atoms with Gasteiger partial charge in [-0.25, -0.2) is 0 Å². The fourth-order valence-electron chi connectivity index (χ4n) is 3.72. The van der Waals surface area contributed by atoms with Crippen LogP contribution >= 0.6 is 0 Å². The molecule has 2 aliphatic rings. The van der Waals surface area contributed by atoms with Crippen molar-refractivity contribution in [2.45, 2.75) is 25.9 Å². The minimum Gasteiger partial charge on any atom is -0.467 e. The van der Waals surface area contributed by atoms with Crippen LogP contribution in [0.25, 0.3) is 6.08 Å². The van der Waals surface area contributed by atoms with Gasteiger partial charge in [-0.1, -0.05) is 0 Å². The first-order chi connectivity index (χ1) is 14.6. The monoisotopic (exact) mass is 409 g/mol. The molecule has 8 heteroatoms. The van der Waals surface area contributed by atoms with Crippen LogP contribution < -0.4 is 15.0 Å². The van der Waals surface area contributed by atoms with Crippen molar-refractivity contribution in [3.63, 3.8) is 0 Å². The van der Waals surface area contributed by atoms with Crippen molar-refractivity contribution in [1.82, 2.24) is 0 Å². The number of hydrogen-bond acceptors (Lipinski definition) is 6. The van der Waals surface area contributed by atoms with Crippen molar-refractivity contribution in [3.05, 3.63) is 63.7 Å². The Bertz CT molecular complexity index is 965. The van der Waals surface area contributed by atoms with Gasteiger partial charge in [-0.2, -0.15) is 0 Å². The number of nitro benzene ring substituents is 1. The number of benzene rings is 2. The smallest absolute Gasteiger partial charge is 0.270 e. The third-order valence-electron chi connectivity index (χ3n) is 5.20. The van der Waals surface area contributed by atoms with Crippen molar-refractivity contribution in [1.29, 1.82) is 0 Å². The third-order valence-corrected chi connectivity index (χ3v) is 5.20. The van der Waals surface area contributed by atoms with E-state index in [1.54, 1.807) is 0 Å². The summed E-state index contributed by atoms with van der Waals surface area (Å²) < 4.78 is 10.7. The lowest BCUT2D eigenvalue weighted by atomic mass is 10.1. The number of rotatable bonds is 5. The molecule has 0 aliphatic carbocycles. The second-order valence-electron chi connectivity index (χ2n) is 7.31. The molecule has 4 rings (SSSR count). The predicted molar refractivity (Wildman–Crippen MR) is 114 cm³/mol. The Morgan fingerprint density at radius 1 is 1.13 bits per heavy atom. The van der Waals surface area contributed by atoms with E-state index < -0.39 is 4.92 Å². The highest BCUT2D eigenvalue weighted by molar-refractivity contribution is 6.02. The number of amides is 1. The average Bonchev–Trinajstić information content (AvgIpc) is 2.78. The largest absolute Gasteiger partial charge is 0.467 e. The summed E-state index contributed by atoms with van der Waals surface area (Å²) in [6.45, 7) is 2.43. The summed E-state index contributed by atoms with van der Waals surface area (Å²) >= 11 is 0. The summed E-state index contributed by atoms with van der Waals surface area (Å²) in [6.07, 6.45) is 6.56. The minimum atomic E-state index is -0.476. The quantitative estimate of drug-likeness (QED) is 0.454. The predicted octanol–water partition coefficient (Wildman–Crippen LogP) is 4.10. The highest BCUT2D eigenvalue weighted by Crippen LogP contribution is 2.33. The first-order valence-electron chi connectivity index (χ1n) is 9.96. The number of nitro groups is 1. The lowest BCUT2D eigenvalue weighted by Crippen LogP contribution is -2.29. The Morgan fingerprint density at radius 3 is 2.63 bits per heavy atom. The lowest BCUT2D eigenvalue weighted by molar-refractivity contribution is -0.385. The molecule has 0 bridgehead atoms. The van der Waals surface area contributed by atoms with E-state index in [0.717, 1.165) is 18.8 Å². The molecule has 8 nitrogen and oxygen atoms in total. The standard InChI is InChI=1S/C22H23N3O5/c26-21(23-18-5-7-19(8-6-18)24-10-2-1-3-11-24)9-4-16-12-20(25(27)28)13-17-14-29-15-30-22(16)17/h4-9,12-13H,1-3,10-11,14-15H2,(H,23,26). The summed E-state index contributed by atoms with van der Waals surface area (Å²) in [5.74, 6) is 0.176. The molecular weight excluding hydrogens is 386 g/mol. The second-order valence-corrected chi connectivity index (χ2v) is 7.31. The summed E-state index contributed by atoms with van der Waals surface area (Å²) in [5, 5.41) is 14.0. The van der Waals surface area contributed by atoms with Gasteiger partial charge >= 0.3 is 0 Å². The Morgan fingerprint density at radius 2 is 1.90 bits per heavy atom. The number of anilines is 2. The Hall–Kier alpha value is -3.39. The highest BCUT2D eigenvalue weighted by Gasteiger charge is 2.20. The fraction of sp³-hybridized carbons (Fsp3) is 0.318. The molecule has 1 amide bonds. The van der Waals surface area contributed by atoms with E-state index in [1.807, 2.05) is 24.3 Å². The number of carbonyl (C=O) groups is 1. The van der Waals surface area contributed by atoms with Crippen LogP contribution in [0.1, 0.15) is 30.4 Å². The number of hydrogen-bond donors (Lipinski definition) is 1. The number of nitrogens with zero attached hydrogens (tertiary/aromatic N) is 2. The molecule has 1 N–H and O–H groups in total. The van der Waals surface area contributed by atoms with E-state index in [9.17, 15) is 14.9 Å². The summed E-state index contributed by atoms with van der Waals surface area (Å²) in [7, 11) is 0. The number of piperidine rings is 1. The lowest BCUT2D eigenvalue weighted by Gasteiger charge is -2.28. The summed E-state index contributed by atoms with van der Waals surface area (Å²) in [6, 6.07) is 10.6. The number of nitrogens with one attached hydrogen (secondary N) is 1. The molecule has 0 radical (unpaired) electrons. The molecule has 0 unspecified atom stereocenters. The summed E-state index contributed by atoms with van der Waals surface area (Å²) in [4.78, 5) is 25.4. The molecule has 1 fully saturated rings. The van der Waals surface area contributed by atoms with Crippen molar-refractivity contribution in [2.75, 3.05) is 30.1 Å². The average molecular weight is 409 g/mol. The van der Waals surface area contributed by atoms with E-state index in [2.05, 4.69) is 10.2 Å². The van der Waals surface area contributed by atoms with Crippen LogP contribution in [0.4, 0.5) is 17.1 Å².